The van der Waals surface area contributed by atoms with Gasteiger partial charge >= 0.3 is 5.97 Å². The predicted molar refractivity (Wildman–Crippen MR) is 72.3 cm³/mol. The molecule has 0 radical (unpaired) electrons. The Bertz CT molecular complexity index is 598. The second kappa shape index (κ2) is 6.32. The lowest BCUT2D eigenvalue weighted by Crippen LogP contribution is -2.41. The molecule has 0 fully saturated rings. The first-order valence-electron chi connectivity index (χ1n) is 6.14. The molecular weight excluding hydrogens is 285 g/mol. The molecule has 0 bridgehead atoms. The van der Waals surface area contributed by atoms with E-state index in [0.29, 0.717) is 5.56 Å². The highest BCUT2D eigenvalue weighted by Gasteiger charge is 2.26. The molecule has 7 heteroatoms. The fraction of sp³-hybridized carbons (Fsp3) is 0.462. The molecule has 1 aromatic carbocycles. The summed E-state index contributed by atoms with van der Waals surface area (Å²) in [6.45, 7) is 5.09. The summed E-state index contributed by atoms with van der Waals surface area (Å²) in [7, 11) is -4.06. The highest BCUT2D eigenvalue weighted by Crippen LogP contribution is 2.16. The maximum absolute atomic E-state index is 13.4. The zero-order valence-electron chi connectivity index (χ0n) is 11.6. The Morgan fingerprint density at radius 3 is 2.45 bits per heavy atom. The van der Waals surface area contributed by atoms with Crippen LogP contribution >= 0.6 is 0 Å². The maximum atomic E-state index is 13.4. The van der Waals surface area contributed by atoms with Gasteiger partial charge in [-0.05, 0) is 37.0 Å². The average Bonchev–Trinajstić information content (AvgIpc) is 2.30. The Morgan fingerprint density at radius 1 is 1.40 bits per heavy atom. The number of hydrogen-bond acceptors (Lipinski definition) is 3. The van der Waals surface area contributed by atoms with Gasteiger partial charge in [0.2, 0.25) is 10.0 Å². The van der Waals surface area contributed by atoms with Gasteiger partial charge in [-0.1, -0.05) is 19.9 Å². The minimum absolute atomic E-state index is 0.00792. The van der Waals surface area contributed by atoms with Crippen molar-refractivity contribution in [2.45, 2.75) is 38.1 Å². The maximum Gasteiger partial charge on any atom is 0.321 e. The number of aryl methyl sites for hydroxylation is 1. The number of halogens is 1. The number of carboxylic acids is 1. The fourth-order valence-corrected chi connectivity index (χ4v) is 2.88. The Hall–Kier alpha value is -1.47. The molecule has 0 aliphatic rings. The van der Waals surface area contributed by atoms with E-state index in [-0.39, 0.29) is 17.2 Å². The van der Waals surface area contributed by atoms with Crippen LogP contribution in [0.25, 0.3) is 0 Å². The van der Waals surface area contributed by atoms with Crippen molar-refractivity contribution in [1.82, 2.24) is 4.72 Å². The van der Waals surface area contributed by atoms with Gasteiger partial charge in [0.25, 0.3) is 0 Å². The van der Waals surface area contributed by atoms with Crippen LogP contribution in [-0.2, 0) is 14.8 Å². The fourth-order valence-electron chi connectivity index (χ4n) is 1.67. The SMILES string of the molecule is Cc1ccc(S(=O)(=O)NC(CC(C)C)C(=O)O)cc1F. The van der Waals surface area contributed by atoms with Crippen molar-refractivity contribution < 1.29 is 22.7 Å². The predicted octanol–water partition coefficient (Wildman–Crippen LogP) is 1.91. The van der Waals surface area contributed by atoms with Crippen LogP contribution in [0.1, 0.15) is 25.8 Å². The van der Waals surface area contributed by atoms with E-state index in [0.717, 1.165) is 6.07 Å². The van der Waals surface area contributed by atoms with Crippen LogP contribution in [0.2, 0.25) is 0 Å². The molecule has 20 heavy (non-hydrogen) atoms. The van der Waals surface area contributed by atoms with Crippen LogP contribution in [0.4, 0.5) is 4.39 Å². The molecule has 1 rings (SSSR count). The molecular formula is C13H18FNO4S. The van der Waals surface area contributed by atoms with Crippen molar-refractivity contribution in [1.29, 1.82) is 0 Å². The third kappa shape index (κ3) is 4.28. The van der Waals surface area contributed by atoms with Crippen LogP contribution in [0.3, 0.4) is 0 Å². The standard InChI is InChI=1S/C13H18FNO4S/c1-8(2)6-12(13(16)17)15-20(18,19)10-5-4-9(3)11(14)7-10/h4-5,7-8,12,15H,6H2,1-3H3,(H,16,17). The monoisotopic (exact) mass is 303 g/mol. The number of carboxylic acid groups (broad SMARTS) is 1. The van der Waals surface area contributed by atoms with Gasteiger partial charge in [-0.25, -0.2) is 12.8 Å². The summed E-state index contributed by atoms with van der Waals surface area (Å²) in [5.41, 5.74) is 0.320. The summed E-state index contributed by atoms with van der Waals surface area (Å²) in [6.07, 6.45) is 0.156. The first kappa shape index (κ1) is 16.6. The van der Waals surface area contributed by atoms with Gasteiger partial charge in [-0.2, -0.15) is 4.72 Å². The minimum Gasteiger partial charge on any atom is -0.480 e. The smallest absolute Gasteiger partial charge is 0.321 e. The highest BCUT2D eigenvalue weighted by molar-refractivity contribution is 7.89. The summed E-state index contributed by atoms with van der Waals surface area (Å²) in [4.78, 5) is 10.8. The third-order valence-corrected chi connectivity index (χ3v) is 4.23. The molecule has 0 saturated carbocycles. The molecule has 2 N–H and O–H groups in total. The number of hydrogen-bond donors (Lipinski definition) is 2. The van der Waals surface area contributed by atoms with Crippen LogP contribution in [0, 0.1) is 18.7 Å². The Morgan fingerprint density at radius 2 is 2.00 bits per heavy atom. The zero-order valence-corrected chi connectivity index (χ0v) is 12.4. The molecule has 0 spiro atoms. The van der Waals surface area contributed by atoms with Crippen molar-refractivity contribution in [3.05, 3.63) is 29.6 Å². The Balaban J connectivity index is 3.03. The lowest BCUT2D eigenvalue weighted by molar-refractivity contribution is -0.139. The van der Waals surface area contributed by atoms with E-state index in [1.807, 2.05) is 0 Å². The van der Waals surface area contributed by atoms with Gasteiger partial charge in [-0.15, -0.1) is 0 Å². The van der Waals surface area contributed by atoms with E-state index in [1.54, 1.807) is 13.8 Å². The zero-order chi connectivity index (χ0) is 15.5. The molecule has 0 aliphatic carbocycles. The van der Waals surface area contributed by atoms with Gasteiger partial charge < -0.3 is 5.11 Å². The van der Waals surface area contributed by atoms with Gasteiger partial charge in [0, 0.05) is 0 Å². The van der Waals surface area contributed by atoms with Crippen LogP contribution in [0.5, 0.6) is 0 Å². The lowest BCUT2D eigenvalue weighted by Gasteiger charge is -2.16. The third-order valence-electron chi connectivity index (χ3n) is 2.76. The molecule has 112 valence electrons. The van der Waals surface area contributed by atoms with E-state index >= 15 is 0 Å². The Kier molecular flexibility index (Phi) is 5.24. The number of aliphatic carboxylic acids is 1. The quantitative estimate of drug-likeness (QED) is 0.841. The number of carbonyl (C=O) groups is 1. The number of rotatable bonds is 6. The van der Waals surface area contributed by atoms with Crippen molar-refractivity contribution >= 4 is 16.0 Å². The number of sulfonamides is 1. The minimum atomic E-state index is -4.06. The second-order valence-electron chi connectivity index (χ2n) is 5.05. The first-order valence-corrected chi connectivity index (χ1v) is 7.63. The van der Waals surface area contributed by atoms with Crippen LogP contribution in [-0.4, -0.2) is 25.5 Å². The van der Waals surface area contributed by atoms with Gasteiger partial charge in [0.1, 0.15) is 11.9 Å². The van der Waals surface area contributed by atoms with E-state index in [9.17, 15) is 17.6 Å². The van der Waals surface area contributed by atoms with Crippen molar-refractivity contribution in [2.24, 2.45) is 5.92 Å². The molecule has 0 aliphatic heterocycles. The van der Waals surface area contributed by atoms with Crippen LogP contribution < -0.4 is 4.72 Å². The molecule has 1 aromatic rings. The molecule has 0 aromatic heterocycles. The normalized spacial score (nSPS) is 13.4. The molecule has 1 atom stereocenters. The first-order chi connectivity index (χ1) is 9.13. The Labute approximate surface area is 117 Å². The van der Waals surface area contributed by atoms with Crippen molar-refractivity contribution in [3.8, 4) is 0 Å². The largest absolute Gasteiger partial charge is 0.480 e. The van der Waals surface area contributed by atoms with Crippen molar-refractivity contribution in [3.63, 3.8) is 0 Å². The summed E-state index contributed by atoms with van der Waals surface area (Å²) >= 11 is 0. The van der Waals surface area contributed by atoms with E-state index < -0.39 is 27.9 Å². The molecule has 1 unspecified atom stereocenters. The number of benzene rings is 1. The summed E-state index contributed by atoms with van der Waals surface area (Å²) in [6, 6.07) is 2.23. The highest BCUT2D eigenvalue weighted by atomic mass is 32.2. The summed E-state index contributed by atoms with van der Waals surface area (Å²) < 4.78 is 39.6. The van der Waals surface area contributed by atoms with E-state index in [1.165, 1.54) is 19.1 Å². The van der Waals surface area contributed by atoms with Gasteiger partial charge in [0.05, 0.1) is 4.90 Å². The van der Waals surface area contributed by atoms with Gasteiger partial charge in [0.15, 0.2) is 0 Å². The molecule has 0 heterocycles. The molecule has 5 nitrogen and oxygen atoms in total. The number of nitrogens with one attached hydrogen (secondary N) is 1. The second-order valence-corrected chi connectivity index (χ2v) is 6.77. The molecule has 0 amide bonds. The van der Waals surface area contributed by atoms with E-state index in [2.05, 4.69) is 4.72 Å². The molecule has 0 saturated heterocycles. The topological polar surface area (TPSA) is 83.5 Å². The van der Waals surface area contributed by atoms with Crippen molar-refractivity contribution in [2.75, 3.05) is 0 Å². The average molecular weight is 303 g/mol. The lowest BCUT2D eigenvalue weighted by atomic mass is 10.1. The van der Waals surface area contributed by atoms with Gasteiger partial charge in [-0.3, -0.25) is 4.79 Å². The van der Waals surface area contributed by atoms with E-state index in [4.69, 9.17) is 5.11 Å². The summed E-state index contributed by atoms with van der Waals surface area (Å²) in [5, 5.41) is 9.03. The summed E-state index contributed by atoms with van der Waals surface area (Å²) in [5.74, 6) is -1.90. The van der Waals surface area contributed by atoms with Crippen LogP contribution in [0.15, 0.2) is 23.1 Å².